The van der Waals surface area contributed by atoms with Gasteiger partial charge in [0, 0.05) is 0 Å². The van der Waals surface area contributed by atoms with E-state index in [1.807, 2.05) is 18.2 Å². The lowest BCUT2D eigenvalue weighted by Gasteiger charge is -2.27. The van der Waals surface area contributed by atoms with Crippen molar-refractivity contribution in [1.29, 1.82) is 5.26 Å². The molecule has 0 heterocycles. The quantitative estimate of drug-likeness (QED) is 0.152. The van der Waals surface area contributed by atoms with E-state index in [0.717, 1.165) is 50.5 Å². The van der Waals surface area contributed by atoms with Crippen LogP contribution in [0.25, 0.3) is 0 Å². The van der Waals surface area contributed by atoms with E-state index in [9.17, 15) is 10.1 Å². The molecule has 0 bridgehead atoms. The third-order valence-electron chi connectivity index (χ3n) is 7.77. The zero-order valence-corrected chi connectivity index (χ0v) is 22.6. The molecule has 3 nitrogen and oxygen atoms in total. The molecule has 0 unspecified atom stereocenters. The first-order chi connectivity index (χ1) is 17.6. The first-order valence-corrected chi connectivity index (χ1v) is 14.5. The molecule has 36 heavy (non-hydrogen) atoms. The molecule has 3 rings (SSSR count). The molecule has 0 saturated heterocycles. The molecule has 0 aromatic heterocycles. The average Bonchev–Trinajstić information content (AvgIpc) is 2.92. The van der Waals surface area contributed by atoms with Crippen molar-refractivity contribution in [3.05, 3.63) is 64.7 Å². The molecule has 3 heteroatoms. The predicted octanol–water partition coefficient (Wildman–Crippen LogP) is 9.07. The number of nitrogens with zero attached hydrogens (tertiary/aromatic N) is 1. The summed E-state index contributed by atoms with van der Waals surface area (Å²) in [6.07, 6.45) is 17.2. The molecular formula is C33H45NO2. The van der Waals surface area contributed by atoms with Gasteiger partial charge in [-0.2, -0.15) is 5.26 Å². The number of nitriles is 1. The maximum absolute atomic E-state index is 12.9. The molecule has 0 amide bonds. The van der Waals surface area contributed by atoms with Gasteiger partial charge in [0.2, 0.25) is 0 Å². The molecule has 0 radical (unpaired) electrons. The number of esters is 1. The third kappa shape index (κ3) is 8.81. The van der Waals surface area contributed by atoms with Crippen LogP contribution in [0.4, 0.5) is 0 Å². The number of carbonyl (C=O) groups excluding carboxylic acids is 1. The Morgan fingerprint density at radius 3 is 2.08 bits per heavy atom. The SMILES string of the molecule is CCCCCCCCCc1ccc(OC(=O)C2CCC(c3ccc(CCCC)cc3)CC2)c(C#N)c1. The minimum Gasteiger partial charge on any atom is -0.425 e. The third-order valence-corrected chi connectivity index (χ3v) is 7.77. The summed E-state index contributed by atoms with van der Waals surface area (Å²) in [5.74, 6) is 0.675. The van der Waals surface area contributed by atoms with Crippen molar-refractivity contribution in [2.75, 3.05) is 0 Å². The topological polar surface area (TPSA) is 50.1 Å². The number of hydrogen-bond donors (Lipinski definition) is 0. The zero-order chi connectivity index (χ0) is 25.6. The summed E-state index contributed by atoms with van der Waals surface area (Å²) in [6, 6.07) is 17.1. The van der Waals surface area contributed by atoms with Gasteiger partial charge < -0.3 is 4.74 Å². The van der Waals surface area contributed by atoms with E-state index in [-0.39, 0.29) is 11.9 Å². The van der Waals surface area contributed by atoms with Crippen molar-refractivity contribution in [2.45, 2.75) is 116 Å². The van der Waals surface area contributed by atoms with Crippen molar-refractivity contribution >= 4 is 5.97 Å². The lowest BCUT2D eigenvalue weighted by atomic mass is 9.78. The number of unbranched alkanes of at least 4 members (excludes halogenated alkanes) is 7. The first-order valence-electron chi connectivity index (χ1n) is 14.5. The molecule has 2 aromatic rings. The van der Waals surface area contributed by atoms with E-state index in [4.69, 9.17) is 4.74 Å². The summed E-state index contributed by atoms with van der Waals surface area (Å²) >= 11 is 0. The minimum atomic E-state index is -0.181. The van der Waals surface area contributed by atoms with Crippen LogP contribution in [-0.2, 0) is 17.6 Å². The Kier molecular flexibility index (Phi) is 12.0. The standard InChI is InChI=1S/C33H45NO2/c1-3-5-7-8-9-10-11-13-27-16-23-32(31(24-27)25-34)36-33(35)30-21-19-29(20-22-30)28-17-14-26(15-18-28)12-6-4-2/h14-18,23-24,29-30H,3-13,19-22H2,1-2H3. The summed E-state index contributed by atoms with van der Waals surface area (Å²) < 4.78 is 5.74. The monoisotopic (exact) mass is 487 g/mol. The Morgan fingerprint density at radius 1 is 0.806 bits per heavy atom. The highest BCUT2D eigenvalue weighted by Crippen LogP contribution is 2.37. The first kappa shape index (κ1) is 28.0. The van der Waals surface area contributed by atoms with Crippen LogP contribution in [-0.4, -0.2) is 5.97 Å². The van der Waals surface area contributed by atoms with Crippen LogP contribution in [0, 0.1) is 17.2 Å². The molecule has 1 aliphatic carbocycles. The van der Waals surface area contributed by atoms with Gasteiger partial charge in [0.15, 0.2) is 0 Å². The second-order valence-corrected chi connectivity index (χ2v) is 10.6. The molecule has 2 aromatic carbocycles. The van der Waals surface area contributed by atoms with E-state index in [1.54, 1.807) is 0 Å². The van der Waals surface area contributed by atoms with Crippen LogP contribution < -0.4 is 4.74 Å². The summed E-state index contributed by atoms with van der Waals surface area (Å²) in [4.78, 5) is 12.9. The van der Waals surface area contributed by atoms with Gasteiger partial charge in [-0.3, -0.25) is 4.79 Å². The Balaban J connectivity index is 1.45. The average molecular weight is 488 g/mol. The normalized spacial score (nSPS) is 17.5. The van der Waals surface area contributed by atoms with E-state index >= 15 is 0 Å². The summed E-state index contributed by atoms with van der Waals surface area (Å²) in [6.45, 7) is 4.47. The molecule has 1 saturated carbocycles. The summed E-state index contributed by atoms with van der Waals surface area (Å²) in [7, 11) is 0. The van der Waals surface area contributed by atoms with Gasteiger partial charge in [-0.15, -0.1) is 0 Å². The summed E-state index contributed by atoms with van der Waals surface area (Å²) in [5.41, 5.74) is 4.44. The van der Waals surface area contributed by atoms with Gasteiger partial charge in [-0.25, -0.2) is 0 Å². The highest BCUT2D eigenvalue weighted by Gasteiger charge is 2.29. The maximum Gasteiger partial charge on any atom is 0.314 e. The van der Waals surface area contributed by atoms with Gasteiger partial charge in [0.05, 0.1) is 11.5 Å². The Bertz CT molecular complexity index is 964. The minimum absolute atomic E-state index is 0.0796. The lowest BCUT2D eigenvalue weighted by Crippen LogP contribution is -2.25. The van der Waals surface area contributed by atoms with E-state index < -0.39 is 0 Å². The van der Waals surface area contributed by atoms with E-state index in [0.29, 0.717) is 17.2 Å². The van der Waals surface area contributed by atoms with Gasteiger partial charge in [-0.1, -0.05) is 89.1 Å². The Hall–Kier alpha value is -2.60. The lowest BCUT2D eigenvalue weighted by molar-refractivity contribution is -0.140. The van der Waals surface area contributed by atoms with E-state index in [1.165, 1.54) is 62.5 Å². The highest BCUT2D eigenvalue weighted by atomic mass is 16.5. The maximum atomic E-state index is 12.9. The second-order valence-electron chi connectivity index (χ2n) is 10.6. The molecule has 1 fully saturated rings. The van der Waals surface area contributed by atoms with Crippen LogP contribution >= 0.6 is 0 Å². The molecule has 194 valence electrons. The van der Waals surface area contributed by atoms with Crippen LogP contribution in [0.15, 0.2) is 42.5 Å². The van der Waals surface area contributed by atoms with Crippen molar-refractivity contribution in [1.82, 2.24) is 0 Å². The number of rotatable bonds is 14. The predicted molar refractivity (Wildman–Crippen MR) is 148 cm³/mol. The van der Waals surface area contributed by atoms with Crippen molar-refractivity contribution in [3.8, 4) is 11.8 Å². The number of hydrogen-bond acceptors (Lipinski definition) is 3. The molecule has 0 N–H and O–H groups in total. The fraction of sp³-hybridized carbons (Fsp3) is 0.576. The van der Waals surface area contributed by atoms with Crippen LogP contribution in [0.1, 0.15) is 125 Å². The number of benzene rings is 2. The zero-order valence-electron chi connectivity index (χ0n) is 22.6. The molecule has 0 aliphatic heterocycles. The fourth-order valence-corrected chi connectivity index (χ4v) is 5.39. The smallest absolute Gasteiger partial charge is 0.314 e. The van der Waals surface area contributed by atoms with Gasteiger partial charge in [0.25, 0.3) is 0 Å². The highest BCUT2D eigenvalue weighted by molar-refractivity contribution is 5.76. The number of aryl methyl sites for hydroxylation is 2. The molecule has 0 spiro atoms. The summed E-state index contributed by atoms with van der Waals surface area (Å²) in [5, 5.41) is 9.64. The largest absolute Gasteiger partial charge is 0.425 e. The van der Waals surface area contributed by atoms with Gasteiger partial charge in [-0.05, 0) is 86.1 Å². The number of carbonyl (C=O) groups is 1. The molecule has 1 aliphatic rings. The number of ether oxygens (including phenoxy) is 1. The van der Waals surface area contributed by atoms with Gasteiger partial charge >= 0.3 is 5.97 Å². The van der Waals surface area contributed by atoms with Crippen molar-refractivity contribution in [3.63, 3.8) is 0 Å². The fourth-order valence-electron chi connectivity index (χ4n) is 5.39. The second kappa shape index (κ2) is 15.5. The molecule has 0 atom stereocenters. The van der Waals surface area contributed by atoms with Crippen LogP contribution in [0.5, 0.6) is 5.75 Å². The van der Waals surface area contributed by atoms with Crippen LogP contribution in [0.2, 0.25) is 0 Å². The Morgan fingerprint density at radius 2 is 1.42 bits per heavy atom. The van der Waals surface area contributed by atoms with Crippen LogP contribution in [0.3, 0.4) is 0 Å². The molecular weight excluding hydrogens is 442 g/mol. The van der Waals surface area contributed by atoms with Crippen molar-refractivity contribution in [2.24, 2.45) is 5.92 Å². The van der Waals surface area contributed by atoms with E-state index in [2.05, 4.69) is 44.2 Å². The Labute approximate surface area is 219 Å². The van der Waals surface area contributed by atoms with Crippen molar-refractivity contribution < 1.29 is 9.53 Å². The van der Waals surface area contributed by atoms with Gasteiger partial charge in [0.1, 0.15) is 11.8 Å².